The fraction of sp³-hybridized carbons (Fsp3) is 0.267. The molecule has 3 N–H and O–H groups in total. The van der Waals surface area contributed by atoms with Crippen LogP contribution in [0.3, 0.4) is 0 Å². The van der Waals surface area contributed by atoms with Crippen molar-refractivity contribution >= 4 is 37.3 Å². The standard InChI is InChI=1S/C15H16N4O2S2/c1-9-14(11-4-2-3-5-13(11)22-9)23(20,21)19-15-10-6-7-16-8-12(10)17-18-15/h2-5,16H,6-8H2,1H3,(H2,17,18,19). The van der Waals surface area contributed by atoms with Gasteiger partial charge in [0.15, 0.2) is 5.82 Å². The largest absolute Gasteiger partial charge is 0.311 e. The Kier molecular flexibility index (Phi) is 3.40. The van der Waals surface area contributed by atoms with Gasteiger partial charge in [-0.05, 0) is 26.0 Å². The molecule has 0 amide bonds. The zero-order chi connectivity index (χ0) is 16.0. The number of aryl methyl sites for hydroxylation is 1. The molecule has 23 heavy (non-hydrogen) atoms. The summed E-state index contributed by atoms with van der Waals surface area (Å²) < 4.78 is 29.5. The molecule has 1 aliphatic rings. The molecule has 0 saturated heterocycles. The molecule has 3 aromatic rings. The molecular weight excluding hydrogens is 332 g/mol. The van der Waals surface area contributed by atoms with Crippen LogP contribution in [-0.2, 0) is 23.0 Å². The molecule has 1 aliphatic heterocycles. The van der Waals surface area contributed by atoms with Gasteiger partial charge in [0, 0.05) is 27.1 Å². The van der Waals surface area contributed by atoms with Crippen LogP contribution in [0, 0.1) is 6.92 Å². The van der Waals surface area contributed by atoms with E-state index in [-0.39, 0.29) is 0 Å². The molecule has 120 valence electrons. The third-order valence-electron chi connectivity index (χ3n) is 4.02. The number of sulfonamides is 1. The Morgan fingerprint density at radius 2 is 2.13 bits per heavy atom. The molecule has 4 rings (SSSR count). The van der Waals surface area contributed by atoms with E-state index in [0.717, 1.165) is 39.2 Å². The van der Waals surface area contributed by atoms with Crippen molar-refractivity contribution < 1.29 is 8.42 Å². The number of hydrogen-bond donors (Lipinski definition) is 3. The Balaban J connectivity index is 1.78. The number of rotatable bonds is 3. The topological polar surface area (TPSA) is 86.9 Å². The summed E-state index contributed by atoms with van der Waals surface area (Å²) in [5, 5.41) is 11.0. The predicted octanol–water partition coefficient (Wildman–Crippen LogP) is 2.38. The number of aromatic amines is 1. The normalized spacial score (nSPS) is 14.8. The number of aromatic nitrogens is 2. The lowest BCUT2D eigenvalue weighted by atomic mass is 10.1. The Bertz CT molecular complexity index is 988. The van der Waals surface area contributed by atoms with Gasteiger partial charge in [0.2, 0.25) is 0 Å². The van der Waals surface area contributed by atoms with Crippen LogP contribution in [-0.4, -0.2) is 25.2 Å². The summed E-state index contributed by atoms with van der Waals surface area (Å²) in [5.41, 5.74) is 1.89. The molecule has 0 radical (unpaired) electrons. The molecule has 6 nitrogen and oxygen atoms in total. The van der Waals surface area contributed by atoms with E-state index in [1.54, 1.807) is 0 Å². The highest BCUT2D eigenvalue weighted by atomic mass is 32.2. The summed E-state index contributed by atoms with van der Waals surface area (Å²) >= 11 is 1.49. The Hall–Kier alpha value is -1.90. The van der Waals surface area contributed by atoms with E-state index in [9.17, 15) is 8.42 Å². The van der Waals surface area contributed by atoms with E-state index in [1.807, 2.05) is 31.2 Å². The summed E-state index contributed by atoms with van der Waals surface area (Å²) in [7, 11) is -3.67. The summed E-state index contributed by atoms with van der Waals surface area (Å²) in [6.45, 7) is 3.34. The third-order valence-corrected chi connectivity index (χ3v) is 6.76. The summed E-state index contributed by atoms with van der Waals surface area (Å²) in [6, 6.07) is 7.56. The van der Waals surface area contributed by atoms with Crippen molar-refractivity contribution in [1.29, 1.82) is 0 Å². The molecule has 0 saturated carbocycles. The number of H-pyrrole nitrogens is 1. The first-order chi connectivity index (χ1) is 11.1. The Morgan fingerprint density at radius 1 is 1.30 bits per heavy atom. The van der Waals surface area contributed by atoms with Crippen molar-refractivity contribution in [2.45, 2.75) is 24.8 Å². The van der Waals surface area contributed by atoms with Crippen LogP contribution >= 0.6 is 11.3 Å². The number of thiophene rings is 1. The van der Waals surface area contributed by atoms with Gasteiger partial charge in [-0.1, -0.05) is 18.2 Å². The van der Waals surface area contributed by atoms with Crippen LogP contribution in [0.25, 0.3) is 10.1 Å². The first-order valence-corrected chi connectivity index (χ1v) is 9.64. The maximum absolute atomic E-state index is 12.9. The Labute approximate surface area is 138 Å². The number of benzene rings is 1. The second-order valence-corrected chi connectivity index (χ2v) is 8.42. The van der Waals surface area contributed by atoms with E-state index in [1.165, 1.54) is 11.3 Å². The number of anilines is 1. The highest BCUT2D eigenvalue weighted by Crippen LogP contribution is 2.35. The molecule has 0 spiro atoms. The number of nitrogens with one attached hydrogen (secondary N) is 3. The minimum absolute atomic E-state index is 0.351. The average Bonchev–Trinajstić information content (AvgIpc) is 3.07. The zero-order valence-electron chi connectivity index (χ0n) is 12.5. The van der Waals surface area contributed by atoms with Crippen molar-refractivity contribution in [3.8, 4) is 0 Å². The zero-order valence-corrected chi connectivity index (χ0v) is 14.1. The minimum atomic E-state index is -3.67. The first kappa shape index (κ1) is 14.7. The molecule has 8 heteroatoms. The molecular formula is C15H16N4O2S2. The van der Waals surface area contributed by atoms with Gasteiger partial charge in [0.25, 0.3) is 10.0 Å². The van der Waals surface area contributed by atoms with E-state index < -0.39 is 10.0 Å². The lowest BCUT2D eigenvalue weighted by Gasteiger charge is -2.13. The maximum Gasteiger partial charge on any atom is 0.264 e. The van der Waals surface area contributed by atoms with Crippen molar-refractivity contribution in [3.05, 3.63) is 40.4 Å². The molecule has 3 heterocycles. The highest BCUT2D eigenvalue weighted by Gasteiger charge is 2.26. The molecule has 2 aromatic heterocycles. The fourth-order valence-electron chi connectivity index (χ4n) is 2.98. The van der Waals surface area contributed by atoms with Crippen molar-refractivity contribution in [2.24, 2.45) is 0 Å². The van der Waals surface area contributed by atoms with Gasteiger partial charge in [-0.3, -0.25) is 9.82 Å². The second kappa shape index (κ2) is 5.33. The van der Waals surface area contributed by atoms with Gasteiger partial charge in [0.1, 0.15) is 4.90 Å². The van der Waals surface area contributed by atoms with Gasteiger partial charge in [-0.25, -0.2) is 8.42 Å². The highest BCUT2D eigenvalue weighted by molar-refractivity contribution is 7.93. The van der Waals surface area contributed by atoms with Gasteiger partial charge >= 0.3 is 0 Å². The maximum atomic E-state index is 12.9. The van der Waals surface area contributed by atoms with Gasteiger partial charge < -0.3 is 5.32 Å². The summed E-state index contributed by atoms with van der Waals surface area (Å²) in [6.07, 6.45) is 0.757. The average molecular weight is 348 g/mol. The second-order valence-electron chi connectivity index (χ2n) is 5.55. The van der Waals surface area contributed by atoms with Gasteiger partial charge in [0.05, 0.1) is 5.69 Å². The van der Waals surface area contributed by atoms with Gasteiger partial charge in [-0.15, -0.1) is 11.3 Å². The molecule has 0 atom stereocenters. The molecule has 0 fully saturated rings. The molecule has 0 bridgehead atoms. The van der Waals surface area contributed by atoms with Crippen molar-refractivity contribution in [1.82, 2.24) is 15.5 Å². The predicted molar refractivity (Wildman–Crippen MR) is 91.4 cm³/mol. The Morgan fingerprint density at radius 3 is 3.00 bits per heavy atom. The smallest absolute Gasteiger partial charge is 0.264 e. The summed E-state index contributed by atoms with van der Waals surface area (Å²) in [4.78, 5) is 1.13. The SMILES string of the molecule is Cc1sc2ccccc2c1S(=O)(=O)Nc1n[nH]c2c1CCNC2. The van der Waals surface area contributed by atoms with Crippen LogP contribution in [0.4, 0.5) is 5.82 Å². The van der Waals surface area contributed by atoms with Crippen LogP contribution < -0.4 is 10.0 Å². The molecule has 0 unspecified atom stereocenters. The molecule has 1 aromatic carbocycles. The summed E-state index contributed by atoms with van der Waals surface area (Å²) in [5.74, 6) is 0.413. The van der Waals surface area contributed by atoms with Crippen LogP contribution in [0.2, 0.25) is 0 Å². The monoisotopic (exact) mass is 348 g/mol. The number of nitrogens with zero attached hydrogens (tertiary/aromatic N) is 1. The van der Waals surface area contributed by atoms with E-state index in [0.29, 0.717) is 17.3 Å². The van der Waals surface area contributed by atoms with Crippen LogP contribution in [0.1, 0.15) is 16.1 Å². The minimum Gasteiger partial charge on any atom is -0.311 e. The third kappa shape index (κ3) is 2.43. The van der Waals surface area contributed by atoms with Crippen LogP contribution in [0.5, 0.6) is 0 Å². The number of hydrogen-bond acceptors (Lipinski definition) is 5. The number of fused-ring (bicyclic) bond motifs is 2. The lowest BCUT2D eigenvalue weighted by molar-refractivity contribution is 0.601. The van der Waals surface area contributed by atoms with Crippen molar-refractivity contribution in [2.75, 3.05) is 11.3 Å². The van der Waals surface area contributed by atoms with E-state index in [4.69, 9.17) is 0 Å². The lowest BCUT2D eigenvalue weighted by Crippen LogP contribution is -2.24. The quantitative estimate of drug-likeness (QED) is 0.678. The molecule has 0 aliphatic carbocycles. The van der Waals surface area contributed by atoms with E-state index >= 15 is 0 Å². The van der Waals surface area contributed by atoms with Crippen molar-refractivity contribution in [3.63, 3.8) is 0 Å². The van der Waals surface area contributed by atoms with Crippen LogP contribution in [0.15, 0.2) is 29.2 Å². The first-order valence-electron chi connectivity index (χ1n) is 7.34. The fourth-order valence-corrected chi connectivity index (χ4v) is 5.83. The van der Waals surface area contributed by atoms with Gasteiger partial charge in [-0.2, -0.15) is 5.10 Å². The van der Waals surface area contributed by atoms with E-state index in [2.05, 4.69) is 20.2 Å².